The number of carbonyl (C=O) groups excluding carboxylic acids is 1. The highest BCUT2D eigenvalue weighted by atomic mass is 35.5. The number of hydrogen-bond donors (Lipinski definition) is 1. The van der Waals surface area contributed by atoms with Crippen molar-refractivity contribution in [3.63, 3.8) is 0 Å². The zero-order valence-corrected chi connectivity index (χ0v) is 23.1. The molecular weight excluding hydrogens is 504 g/mol. The molecule has 1 fully saturated rings. The van der Waals surface area contributed by atoms with E-state index in [1.54, 1.807) is 22.5 Å². The fraction of sp³-hybridized carbons (Fsp3) is 0.367. The molecule has 0 spiro atoms. The number of nitrogens with zero attached hydrogens (tertiary/aromatic N) is 1. The summed E-state index contributed by atoms with van der Waals surface area (Å²) in [6, 6.07) is 22.8. The fourth-order valence-corrected chi connectivity index (χ4v) is 6.64. The van der Waals surface area contributed by atoms with E-state index in [0.29, 0.717) is 24.5 Å². The summed E-state index contributed by atoms with van der Waals surface area (Å²) in [6.07, 6.45) is 3.80. The van der Waals surface area contributed by atoms with Gasteiger partial charge in [0.05, 0.1) is 11.3 Å². The second-order valence-corrected chi connectivity index (χ2v) is 12.5. The molecule has 4 rings (SSSR count). The summed E-state index contributed by atoms with van der Waals surface area (Å²) >= 11 is 6.27. The van der Waals surface area contributed by atoms with E-state index < -0.39 is 10.0 Å². The highest BCUT2D eigenvalue weighted by Gasteiger charge is 2.30. The Hall–Kier alpha value is -2.67. The highest BCUT2D eigenvalue weighted by Crippen LogP contribution is 2.29. The number of carbonyl (C=O) groups is 1. The molecule has 0 heterocycles. The van der Waals surface area contributed by atoms with Crippen molar-refractivity contribution in [1.29, 1.82) is 0 Å². The van der Waals surface area contributed by atoms with Gasteiger partial charge < -0.3 is 5.32 Å². The first-order valence-corrected chi connectivity index (χ1v) is 14.7. The standard InChI is InChI=1S/C30H35ClN2O3S/c1-22-8-11-24(12-9-22)18-30(34)32-27-15-13-26(14-16-27)21-33(20-25-6-4-3-5-7-25)37(35,36)28-17-10-23(2)29(31)19-28/h3-12,17,19,26-27H,13-16,18,20-21H2,1-2H3,(H,32,34). The van der Waals surface area contributed by atoms with E-state index in [2.05, 4.69) is 5.32 Å². The lowest BCUT2D eigenvalue weighted by molar-refractivity contribution is -0.121. The molecule has 3 aromatic carbocycles. The van der Waals surface area contributed by atoms with Crippen LogP contribution in [-0.2, 0) is 27.8 Å². The quantitative estimate of drug-likeness (QED) is 0.360. The minimum Gasteiger partial charge on any atom is -0.353 e. The van der Waals surface area contributed by atoms with Crippen LogP contribution in [0, 0.1) is 19.8 Å². The third-order valence-electron chi connectivity index (χ3n) is 7.14. The van der Waals surface area contributed by atoms with Crippen molar-refractivity contribution in [3.05, 3.63) is 100 Å². The zero-order chi connectivity index (χ0) is 26.4. The highest BCUT2D eigenvalue weighted by molar-refractivity contribution is 7.89. The van der Waals surface area contributed by atoms with Crippen molar-refractivity contribution in [2.75, 3.05) is 6.54 Å². The monoisotopic (exact) mass is 538 g/mol. The summed E-state index contributed by atoms with van der Waals surface area (Å²) < 4.78 is 29.0. The van der Waals surface area contributed by atoms with Gasteiger partial charge in [-0.2, -0.15) is 4.31 Å². The third-order valence-corrected chi connectivity index (χ3v) is 9.36. The van der Waals surface area contributed by atoms with Gasteiger partial charge in [-0.1, -0.05) is 77.8 Å². The molecule has 0 aromatic heterocycles. The Balaban J connectivity index is 1.39. The van der Waals surface area contributed by atoms with Crippen molar-refractivity contribution in [2.45, 2.75) is 63.4 Å². The number of benzene rings is 3. The van der Waals surface area contributed by atoms with Gasteiger partial charge in [-0.3, -0.25) is 4.79 Å². The molecule has 37 heavy (non-hydrogen) atoms. The maximum Gasteiger partial charge on any atom is 0.243 e. The lowest BCUT2D eigenvalue weighted by Gasteiger charge is -2.33. The smallest absolute Gasteiger partial charge is 0.243 e. The molecule has 1 aliphatic rings. The number of halogens is 1. The van der Waals surface area contributed by atoms with E-state index in [4.69, 9.17) is 11.6 Å². The van der Waals surface area contributed by atoms with Crippen LogP contribution in [0.4, 0.5) is 0 Å². The van der Waals surface area contributed by atoms with Crippen LogP contribution in [0.2, 0.25) is 5.02 Å². The molecule has 0 radical (unpaired) electrons. The van der Waals surface area contributed by atoms with Crippen molar-refractivity contribution in [2.24, 2.45) is 5.92 Å². The van der Waals surface area contributed by atoms with Crippen LogP contribution >= 0.6 is 11.6 Å². The van der Waals surface area contributed by atoms with Crippen molar-refractivity contribution < 1.29 is 13.2 Å². The third kappa shape index (κ3) is 7.44. The van der Waals surface area contributed by atoms with E-state index in [9.17, 15) is 13.2 Å². The van der Waals surface area contributed by atoms with E-state index in [0.717, 1.165) is 42.4 Å². The van der Waals surface area contributed by atoms with E-state index in [1.807, 2.05) is 68.4 Å². The molecule has 0 bridgehead atoms. The van der Waals surface area contributed by atoms with Gasteiger partial charge in [-0.15, -0.1) is 0 Å². The van der Waals surface area contributed by atoms with E-state index >= 15 is 0 Å². The number of rotatable bonds is 9. The summed E-state index contributed by atoms with van der Waals surface area (Å²) in [5, 5.41) is 3.62. The lowest BCUT2D eigenvalue weighted by atomic mass is 9.86. The number of aryl methyl sites for hydroxylation is 2. The lowest BCUT2D eigenvalue weighted by Crippen LogP contribution is -2.41. The van der Waals surface area contributed by atoms with E-state index in [-0.39, 0.29) is 22.8 Å². The molecule has 0 aliphatic heterocycles. The molecular formula is C30H35ClN2O3S. The topological polar surface area (TPSA) is 66.5 Å². The number of sulfonamides is 1. The molecule has 0 atom stereocenters. The molecule has 1 saturated carbocycles. The Bertz CT molecular complexity index is 1300. The van der Waals surface area contributed by atoms with Crippen LogP contribution in [-0.4, -0.2) is 31.2 Å². The largest absolute Gasteiger partial charge is 0.353 e. The molecule has 1 N–H and O–H groups in total. The van der Waals surface area contributed by atoms with Gasteiger partial charge in [-0.05, 0) is 74.3 Å². The molecule has 7 heteroatoms. The van der Waals surface area contributed by atoms with Gasteiger partial charge in [0.25, 0.3) is 0 Å². The van der Waals surface area contributed by atoms with Gasteiger partial charge >= 0.3 is 0 Å². The SMILES string of the molecule is Cc1ccc(CC(=O)NC2CCC(CN(Cc3ccccc3)S(=O)(=O)c3ccc(C)c(Cl)c3)CC2)cc1. The molecule has 0 unspecified atom stereocenters. The summed E-state index contributed by atoms with van der Waals surface area (Å²) in [5.41, 5.74) is 3.98. The van der Waals surface area contributed by atoms with Crippen LogP contribution in [0.5, 0.6) is 0 Å². The summed E-state index contributed by atoms with van der Waals surface area (Å²) in [5.74, 6) is 0.265. The minimum absolute atomic E-state index is 0.0387. The maximum atomic E-state index is 13.7. The maximum absolute atomic E-state index is 13.7. The molecule has 1 amide bonds. The first kappa shape index (κ1) is 27.4. The number of nitrogens with one attached hydrogen (secondary N) is 1. The minimum atomic E-state index is -3.73. The summed E-state index contributed by atoms with van der Waals surface area (Å²) in [6.45, 7) is 4.64. The molecule has 196 valence electrons. The van der Waals surface area contributed by atoms with E-state index in [1.165, 1.54) is 5.56 Å². The average Bonchev–Trinajstić information content (AvgIpc) is 2.88. The van der Waals surface area contributed by atoms with Gasteiger partial charge in [0.15, 0.2) is 0 Å². The Kier molecular flexibility index (Phi) is 9.06. The Morgan fingerprint density at radius 3 is 2.24 bits per heavy atom. The Labute approximate surface area is 225 Å². The molecule has 1 aliphatic carbocycles. The van der Waals surface area contributed by atoms with Crippen LogP contribution in [0.15, 0.2) is 77.7 Å². The second-order valence-electron chi connectivity index (χ2n) is 10.1. The Morgan fingerprint density at radius 1 is 0.919 bits per heavy atom. The first-order valence-electron chi connectivity index (χ1n) is 12.9. The van der Waals surface area contributed by atoms with Crippen LogP contribution in [0.3, 0.4) is 0 Å². The van der Waals surface area contributed by atoms with Crippen molar-refractivity contribution in [3.8, 4) is 0 Å². The van der Waals surface area contributed by atoms with Crippen molar-refractivity contribution >= 4 is 27.5 Å². The van der Waals surface area contributed by atoms with Gasteiger partial charge in [0, 0.05) is 24.2 Å². The molecule has 0 saturated heterocycles. The zero-order valence-electron chi connectivity index (χ0n) is 21.5. The predicted molar refractivity (Wildman–Crippen MR) is 149 cm³/mol. The van der Waals surface area contributed by atoms with Crippen LogP contribution < -0.4 is 5.32 Å². The number of amides is 1. The van der Waals surface area contributed by atoms with Gasteiger partial charge in [0.2, 0.25) is 15.9 Å². The molecule has 5 nitrogen and oxygen atoms in total. The predicted octanol–water partition coefficient (Wildman–Crippen LogP) is 6.07. The van der Waals surface area contributed by atoms with Gasteiger partial charge in [0.1, 0.15) is 0 Å². The van der Waals surface area contributed by atoms with Gasteiger partial charge in [-0.25, -0.2) is 8.42 Å². The average molecular weight is 539 g/mol. The molecule has 3 aromatic rings. The number of hydrogen-bond acceptors (Lipinski definition) is 3. The van der Waals surface area contributed by atoms with Crippen LogP contribution in [0.25, 0.3) is 0 Å². The first-order chi connectivity index (χ1) is 17.7. The second kappa shape index (κ2) is 12.2. The summed E-state index contributed by atoms with van der Waals surface area (Å²) in [4.78, 5) is 12.8. The summed E-state index contributed by atoms with van der Waals surface area (Å²) in [7, 11) is -3.73. The fourth-order valence-electron chi connectivity index (χ4n) is 4.87. The Morgan fingerprint density at radius 2 is 1.59 bits per heavy atom. The normalized spacial score (nSPS) is 18.1. The van der Waals surface area contributed by atoms with Crippen molar-refractivity contribution in [1.82, 2.24) is 9.62 Å². The van der Waals surface area contributed by atoms with Crippen LogP contribution in [0.1, 0.15) is 47.9 Å².